The van der Waals surface area contributed by atoms with Gasteiger partial charge in [-0.05, 0) is 39.0 Å². The highest BCUT2D eigenvalue weighted by Crippen LogP contribution is 2.23. The van der Waals surface area contributed by atoms with Crippen molar-refractivity contribution in [2.45, 2.75) is 26.9 Å². The maximum absolute atomic E-state index is 12.1. The summed E-state index contributed by atoms with van der Waals surface area (Å²) >= 11 is 7.50. The van der Waals surface area contributed by atoms with Crippen LogP contribution < -0.4 is 5.32 Å². The van der Waals surface area contributed by atoms with Gasteiger partial charge in [0.15, 0.2) is 6.10 Å². The van der Waals surface area contributed by atoms with Crippen molar-refractivity contribution in [2.24, 2.45) is 0 Å². The second-order valence-corrected chi connectivity index (χ2v) is 6.71. The molecule has 0 unspecified atom stereocenters. The summed E-state index contributed by atoms with van der Waals surface area (Å²) in [5, 5.41) is 3.07. The van der Waals surface area contributed by atoms with Crippen molar-refractivity contribution in [3.63, 3.8) is 0 Å². The Balaban J connectivity index is 2.01. The van der Waals surface area contributed by atoms with E-state index in [0.717, 1.165) is 9.75 Å². The van der Waals surface area contributed by atoms with Crippen LogP contribution in [0, 0.1) is 13.8 Å². The Morgan fingerprint density at radius 3 is 2.55 bits per heavy atom. The second-order valence-electron chi connectivity index (χ2n) is 4.84. The van der Waals surface area contributed by atoms with Gasteiger partial charge < -0.3 is 10.1 Å². The molecule has 0 saturated carbocycles. The number of halogens is 1. The molecule has 4 nitrogen and oxygen atoms in total. The summed E-state index contributed by atoms with van der Waals surface area (Å²) in [6.07, 6.45) is -0.914. The van der Waals surface area contributed by atoms with Crippen LogP contribution >= 0.6 is 22.9 Å². The van der Waals surface area contributed by atoms with Crippen molar-refractivity contribution in [3.05, 3.63) is 50.7 Å². The number of rotatable bonds is 4. The first kappa shape index (κ1) is 16.5. The van der Waals surface area contributed by atoms with Crippen LogP contribution in [0.4, 0.5) is 5.69 Å². The SMILES string of the molecule is Cc1cc(C(=O)O[C@H](C)C(=O)Nc2ccccc2Cl)c(C)s1. The molecule has 0 aliphatic rings. The van der Waals surface area contributed by atoms with Gasteiger partial charge in [0.05, 0.1) is 16.3 Å². The Kier molecular flexibility index (Phi) is 5.21. The number of ether oxygens (including phenoxy) is 1. The molecule has 1 atom stereocenters. The normalized spacial score (nSPS) is 11.8. The van der Waals surface area contributed by atoms with Crippen molar-refractivity contribution < 1.29 is 14.3 Å². The largest absolute Gasteiger partial charge is 0.449 e. The summed E-state index contributed by atoms with van der Waals surface area (Å²) in [6, 6.07) is 8.65. The van der Waals surface area contributed by atoms with Crippen molar-refractivity contribution in [1.82, 2.24) is 0 Å². The van der Waals surface area contributed by atoms with Crippen LogP contribution in [0.3, 0.4) is 0 Å². The molecule has 0 fully saturated rings. The third kappa shape index (κ3) is 3.87. The molecule has 0 saturated heterocycles. The maximum Gasteiger partial charge on any atom is 0.340 e. The minimum absolute atomic E-state index is 0.425. The number of carbonyl (C=O) groups is 2. The molecule has 0 bridgehead atoms. The number of aryl methyl sites for hydroxylation is 2. The van der Waals surface area contributed by atoms with E-state index in [9.17, 15) is 9.59 Å². The molecule has 6 heteroatoms. The zero-order valence-corrected chi connectivity index (χ0v) is 14.0. The van der Waals surface area contributed by atoms with Crippen LogP contribution in [-0.4, -0.2) is 18.0 Å². The summed E-state index contributed by atoms with van der Waals surface area (Å²) in [6.45, 7) is 5.30. The molecule has 1 heterocycles. The van der Waals surface area contributed by atoms with Crippen molar-refractivity contribution in [2.75, 3.05) is 5.32 Å². The number of carbonyl (C=O) groups excluding carboxylic acids is 2. The minimum atomic E-state index is -0.914. The average molecular weight is 338 g/mol. The Labute approximate surface area is 138 Å². The molecule has 0 radical (unpaired) electrons. The fraction of sp³-hybridized carbons (Fsp3) is 0.250. The van der Waals surface area contributed by atoms with Crippen LogP contribution in [0.2, 0.25) is 5.02 Å². The Hall–Kier alpha value is -1.85. The Morgan fingerprint density at radius 2 is 1.95 bits per heavy atom. The smallest absolute Gasteiger partial charge is 0.340 e. The van der Waals surface area contributed by atoms with Gasteiger partial charge in [-0.25, -0.2) is 4.79 Å². The topological polar surface area (TPSA) is 55.4 Å². The van der Waals surface area contributed by atoms with Crippen molar-refractivity contribution in [1.29, 1.82) is 0 Å². The fourth-order valence-corrected chi connectivity index (χ4v) is 3.00. The van der Waals surface area contributed by atoms with Crippen molar-refractivity contribution in [3.8, 4) is 0 Å². The lowest BCUT2D eigenvalue weighted by molar-refractivity contribution is -0.123. The molecule has 1 amide bonds. The first-order chi connectivity index (χ1) is 10.4. The van der Waals surface area contributed by atoms with Crippen LogP contribution in [0.5, 0.6) is 0 Å². The third-order valence-corrected chi connectivity index (χ3v) is 4.34. The Bertz CT molecular complexity index is 711. The number of hydrogen-bond acceptors (Lipinski definition) is 4. The van der Waals surface area contributed by atoms with Crippen LogP contribution in [0.15, 0.2) is 30.3 Å². The fourth-order valence-electron chi connectivity index (χ4n) is 1.91. The lowest BCUT2D eigenvalue weighted by Crippen LogP contribution is -2.30. The van der Waals surface area contributed by atoms with Gasteiger partial charge in [-0.3, -0.25) is 4.79 Å². The first-order valence-corrected chi connectivity index (χ1v) is 7.91. The van der Waals surface area contributed by atoms with Crippen LogP contribution in [0.25, 0.3) is 0 Å². The molecule has 0 aliphatic heterocycles. The summed E-state index contributed by atoms with van der Waals surface area (Å²) < 4.78 is 5.22. The average Bonchev–Trinajstić information content (AvgIpc) is 2.80. The standard InChI is InChI=1S/C16H16ClNO3S/c1-9-8-12(11(3)22-9)16(20)21-10(2)15(19)18-14-7-5-4-6-13(14)17/h4-8,10H,1-3H3,(H,18,19)/t10-/m1/s1. The second kappa shape index (κ2) is 6.94. The van der Waals surface area contributed by atoms with Gasteiger partial charge in [0.2, 0.25) is 0 Å². The van der Waals surface area contributed by atoms with E-state index in [2.05, 4.69) is 5.32 Å². The Morgan fingerprint density at radius 1 is 1.27 bits per heavy atom. The predicted molar refractivity (Wildman–Crippen MR) is 88.8 cm³/mol. The molecular formula is C16H16ClNO3S. The third-order valence-electron chi connectivity index (χ3n) is 3.05. The molecular weight excluding hydrogens is 322 g/mol. The zero-order chi connectivity index (χ0) is 16.3. The van der Waals surface area contributed by atoms with E-state index in [4.69, 9.17) is 16.3 Å². The lowest BCUT2D eigenvalue weighted by Gasteiger charge is -2.14. The van der Waals surface area contributed by atoms with E-state index in [1.54, 1.807) is 30.3 Å². The van der Waals surface area contributed by atoms with E-state index in [1.165, 1.54) is 18.3 Å². The van der Waals surface area contributed by atoms with Gasteiger partial charge >= 0.3 is 5.97 Å². The van der Waals surface area contributed by atoms with Gasteiger partial charge in [-0.1, -0.05) is 23.7 Å². The summed E-state index contributed by atoms with van der Waals surface area (Å²) in [7, 11) is 0. The molecule has 0 spiro atoms. The summed E-state index contributed by atoms with van der Waals surface area (Å²) in [5.74, 6) is -0.922. The molecule has 2 rings (SSSR count). The number of amides is 1. The van der Waals surface area contributed by atoms with E-state index < -0.39 is 18.0 Å². The molecule has 22 heavy (non-hydrogen) atoms. The molecule has 1 N–H and O–H groups in total. The van der Waals surface area contributed by atoms with E-state index in [1.807, 2.05) is 13.8 Å². The lowest BCUT2D eigenvalue weighted by atomic mass is 10.2. The van der Waals surface area contributed by atoms with Gasteiger partial charge in [-0.15, -0.1) is 11.3 Å². The minimum Gasteiger partial charge on any atom is -0.449 e. The quantitative estimate of drug-likeness (QED) is 0.850. The monoisotopic (exact) mass is 337 g/mol. The van der Waals surface area contributed by atoms with E-state index >= 15 is 0 Å². The molecule has 2 aromatic rings. The highest BCUT2D eigenvalue weighted by molar-refractivity contribution is 7.12. The molecule has 0 aliphatic carbocycles. The zero-order valence-electron chi connectivity index (χ0n) is 12.5. The van der Waals surface area contributed by atoms with Gasteiger partial charge in [0.1, 0.15) is 0 Å². The number of nitrogens with one attached hydrogen (secondary N) is 1. The molecule has 1 aromatic carbocycles. The van der Waals surface area contributed by atoms with E-state index in [0.29, 0.717) is 16.3 Å². The number of esters is 1. The summed E-state index contributed by atoms with van der Waals surface area (Å²) in [5.41, 5.74) is 0.986. The van der Waals surface area contributed by atoms with Gasteiger partial charge in [0.25, 0.3) is 5.91 Å². The van der Waals surface area contributed by atoms with Crippen LogP contribution in [-0.2, 0) is 9.53 Å². The highest BCUT2D eigenvalue weighted by Gasteiger charge is 2.21. The number of hydrogen-bond donors (Lipinski definition) is 1. The highest BCUT2D eigenvalue weighted by atomic mass is 35.5. The van der Waals surface area contributed by atoms with Gasteiger partial charge in [-0.2, -0.15) is 0 Å². The van der Waals surface area contributed by atoms with E-state index in [-0.39, 0.29) is 0 Å². The van der Waals surface area contributed by atoms with Gasteiger partial charge in [0, 0.05) is 9.75 Å². The summed E-state index contributed by atoms with van der Waals surface area (Å²) in [4.78, 5) is 26.1. The number of thiophene rings is 1. The predicted octanol–water partition coefficient (Wildman–Crippen LogP) is 4.20. The number of anilines is 1. The maximum atomic E-state index is 12.1. The molecule has 1 aromatic heterocycles. The molecule has 116 valence electrons. The number of benzene rings is 1. The first-order valence-electron chi connectivity index (χ1n) is 6.72. The number of para-hydroxylation sites is 1. The van der Waals surface area contributed by atoms with Crippen LogP contribution in [0.1, 0.15) is 27.0 Å². The van der Waals surface area contributed by atoms with Crippen molar-refractivity contribution >= 4 is 40.5 Å².